The Hall–Kier alpha value is -6.15. The summed E-state index contributed by atoms with van der Waals surface area (Å²) in [6.07, 6.45) is 10.0. The van der Waals surface area contributed by atoms with Gasteiger partial charge in [0.1, 0.15) is 11.6 Å². The molecule has 2 aromatic carbocycles. The lowest BCUT2D eigenvalue weighted by Crippen LogP contribution is -2.44. The Labute approximate surface area is 446 Å². The second-order valence-electron chi connectivity index (χ2n) is 19.0. The summed E-state index contributed by atoms with van der Waals surface area (Å²) >= 11 is 5.81. The zero-order chi connectivity index (χ0) is 53.6. The molecule has 2 amide bonds. The zero-order valence-corrected chi connectivity index (χ0v) is 45.4. The molecule has 7 N–H and O–H groups in total. The van der Waals surface area contributed by atoms with Gasteiger partial charge in [0.05, 0.1) is 48.6 Å². The largest absolute Gasteiger partial charge is 0.383 e. The molecule has 0 atom stereocenters. The summed E-state index contributed by atoms with van der Waals surface area (Å²) in [6, 6.07) is 21.9. The fourth-order valence-electron chi connectivity index (χ4n) is 8.97. The smallest absolute Gasteiger partial charge is 0.251 e. The van der Waals surface area contributed by atoms with Gasteiger partial charge < -0.3 is 51.3 Å². The summed E-state index contributed by atoms with van der Waals surface area (Å²) in [5.41, 5.74) is 18.0. The van der Waals surface area contributed by atoms with Gasteiger partial charge in [0, 0.05) is 99.8 Å². The number of amides is 2. The van der Waals surface area contributed by atoms with Crippen molar-refractivity contribution in [2.75, 3.05) is 109 Å². The molecule has 10 rings (SSSR count). The summed E-state index contributed by atoms with van der Waals surface area (Å²) < 4.78 is 21.3. The van der Waals surface area contributed by atoms with Gasteiger partial charge in [-0.2, -0.15) is 15.0 Å². The number of hydrogen-bond donors (Lipinski definition) is 5. The third-order valence-corrected chi connectivity index (χ3v) is 13.6. The van der Waals surface area contributed by atoms with E-state index >= 15 is 0 Å². The predicted octanol–water partition coefficient (Wildman–Crippen LogP) is 8.57. The van der Waals surface area contributed by atoms with E-state index in [0.717, 1.165) is 101 Å². The van der Waals surface area contributed by atoms with Crippen LogP contribution in [0.2, 0.25) is 5.28 Å². The molecule has 0 radical (unpaired) electrons. The van der Waals surface area contributed by atoms with Crippen LogP contribution in [0.1, 0.15) is 99.8 Å². The van der Waals surface area contributed by atoms with Crippen molar-refractivity contribution in [2.24, 2.45) is 10.8 Å². The van der Waals surface area contributed by atoms with Crippen LogP contribution in [0.15, 0.2) is 72.8 Å². The quantitative estimate of drug-likeness (QED) is 0.0603. The highest BCUT2D eigenvalue weighted by molar-refractivity contribution is 6.28. The first-order valence-electron chi connectivity index (χ1n) is 26.4. The van der Waals surface area contributed by atoms with Crippen LogP contribution in [0.25, 0.3) is 44.6 Å². The predicted molar refractivity (Wildman–Crippen MR) is 299 cm³/mol. The van der Waals surface area contributed by atoms with E-state index < -0.39 is 0 Å². The van der Waals surface area contributed by atoms with Crippen LogP contribution in [0.3, 0.4) is 0 Å². The highest BCUT2D eigenvalue weighted by atomic mass is 35.5. The molecule has 2 saturated carbocycles. The van der Waals surface area contributed by atoms with Gasteiger partial charge in [0.2, 0.25) is 11.2 Å². The summed E-state index contributed by atoms with van der Waals surface area (Å²) in [6.45, 7) is 19.0. The number of nitrogens with two attached hydrogens (primary N) is 2. The Morgan fingerprint density at radius 1 is 0.680 bits per heavy atom. The molecule has 2 aliphatic carbocycles. The number of pyridine rings is 2. The van der Waals surface area contributed by atoms with Crippen LogP contribution in [0.4, 0.5) is 17.6 Å². The van der Waals surface area contributed by atoms with Crippen molar-refractivity contribution >= 4 is 63.1 Å². The molecule has 19 heteroatoms. The number of nitrogen functional groups attached to an aromatic ring is 2. The average molecular weight is 1050 g/mol. The molecule has 4 aliphatic rings. The number of fused-ring (bicyclic) bond motifs is 2. The first kappa shape index (κ1) is 58.1. The number of rotatable bonds is 11. The zero-order valence-electron chi connectivity index (χ0n) is 44.7. The molecule has 2 spiro atoms. The first-order chi connectivity index (χ1) is 36.4. The second kappa shape index (κ2) is 29.2. The summed E-state index contributed by atoms with van der Waals surface area (Å²) in [4.78, 5) is 52.4. The number of nitrogens with zero attached hydrogens (tertiary/aromatic N) is 7. The minimum Gasteiger partial charge on any atom is -0.383 e. The summed E-state index contributed by atoms with van der Waals surface area (Å²) in [5.74, 6) is 1.02. The minimum absolute atomic E-state index is 0.0498. The van der Waals surface area contributed by atoms with Crippen LogP contribution in [-0.4, -0.2) is 135 Å². The van der Waals surface area contributed by atoms with Crippen LogP contribution in [0.5, 0.6) is 0 Å². The van der Waals surface area contributed by atoms with Crippen molar-refractivity contribution < 1.29 is 28.5 Å². The standard InChI is InChI=1S/C23H26N6O2.C15H12ClN5O.C8H15NO.2C5H12O/c1-25-21(30)16-5-2-4-15(12-16)18-7-6-17-19(24)27-22(28-20(17)26-18)29-10-11-31-14-23(13-29)8-3-9-23;1-18-14(22)9-4-2-3-8(7-9)11-6-5-10-12(17)20-15(16)21-13(10)19-11;1-2-8(3-1)6-9-4-5-10-7-8;2*1-3-5-6-4-2/h2,4-7,12H,3,8-11,13-14H2,1H3,(H,25,30)(H2,24,26,27,28);2-7H,1H3,(H,18,22)(H2,17,19,20,21);9H,1-7H2;2*3-5H2,1-2H3. The maximum absolute atomic E-state index is 12.0. The van der Waals surface area contributed by atoms with E-state index in [1.165, 1.54) is 45.1 Å². The van der Waals surface area contributed by atoms with Crippen molar-refractivity contribution in [1.29, 1.82) is 0 Å². The Balaban J connectivity index is 0.000000179. The van der Waals surface area contributed by atoms with Crippen LogP contribution >= 0.6 is 11.6 Å². The molecule has 2 aliphatic heterocycles. The summed E-state index contributed by atoms with van der Waals surface area (Å²) in [5, 5.41) is 10.1. The molecule has 18 nitrogen and oxygen atoms in total. The Morgan fingerprint density at radius 2 is 1.20 bits per heavy atom. The molecule has 404 valence electrons. The van der Waals surface area contributed by atoms with E-state index in [4.69, 9.17) is 52.0 Å². The molecule has 2 saturated heterocycles. The molecule has 0 bridgehead atoms. The third kappa shape index (κ3) is 16.4. The van der Waals surface area contributed by atoms with Gasteiger partial charge in [0.15, 0.2) is 11.3 Å². The normalized spacial score (nSPS) is 16.1. The number of halogens is 1. The van der Waals surface area contributed by atoms with E-state index in [1.54, 1.807) is 50.5 Å². The monoisotopic (exact) mass is 1050 g/mol. The van der Waals surface area contributed by atoms with Gasteiger partial charge in [0.25, 0.3) is 11.8 Å². The van der Waals surface area contributed by atoms with Gasteiger partial charge in [-0.05, 0) is 113 Å². The SMILES string of the molecule is C1CC2(C1)CNCCOC2.CCCOCC.CCCOCC.CNC(=O)c1cccc(-c2ccc3c(N)nc(Cl)nc3n2)c1.CNC(=O)c1cccc(-c2ccc3c(N)nc(N4CCOCC5(CCC5)C4)nc3n2)c1. The summed E-state index contributed by atoms with van der Waals surface area (Å²) in [7, 11) is 3.21. The highest BCUT2D eigenvalue weighted by Crippen LogP contribution is 2.43. The lowest BCUT2D eigenvalue weighted by Gasteiger charge is -2.42. The number of aromatic nitrogens is 6. The number of carbonyl (C=O) groups excluding carboxylic acids is 2. The van der Waals surface area contributed by atoms with E-state index in [-0.39, 0.29) is 28.3 Å². The van der Waals surface area contributed by atoms with E-state index in [9.17, 15) is 9.59 Å². The van der Waals surface area contributed by atoms with Crippen LogP contribution in [0, 0.1) is 10.8 Å². The number of benzene rings is 2. The topological polar surface area (TPSA) is 240 Å². The maximum Gasteiger partial charge on any atom is 0.251 e. The van der Waals surface area contributed by atoms with Gasteiger partial charge in [-0.15, -0.1) is 0 Å². The Bertz CT molecular complexity index is 2750. The average Bonchev–Trinajstić information content (AvgIpc) is 3.83. The molecule has 4 fully saturated rings. The number of nitrogens with one attached hydrogen (secondary N) is 3. The molecule has 4 aromatic heterocycles. The molecule has 75 heavy (non-hydrogen) atoms. The number of anilines is 3. The molecular weight excluding hydrogens is 972 g/mol. The van der Waals surface area contributed by atoms with Crippen molar-refractivity contribution in [3.8, 4) is 22.5 Å². The van der Waals surface area contributed by atoms with Gasteiger partial charge >= 0.3 is 0 Å². The maximum atomic E-state index is 12.0. The Morgan fingerprint density at radius 3 is 1.69 bits per heavy atom. The molecule has 0 unspecified atom stereocenters. The van der Waals surface area contributed by atoms with E-state index in [0.29, 0.717) is 57.3 Å². The third-order valence-electron chi connectivity index (χ3n) is 13.4. The fourth-order valence-corrected chi connectivity index (χ4v) is 9.14. The van der Waals surface area contributed by atoms with Gasteiger partial charge in [-0.25, -0.2) is 15.0 Å². The molecule has 6 heterocycles. The second-order valence-corrected chi connectivity index (χ2v) is 19.4. The number of hydrogen-bond acceptors (Lipinski definition) is 16. The van der Waals surface area contributed by atoms with Crippen LogP contribution < -0.4 is 32.3 Å². The minimum atomic E-state index is -0.155. The first-order valence-corrected chi connectivity index (χ1v) is 26.7. The highest BCUT2D eigenvalue weighted by Gasteiger charge is 2.41. The van der Waals surface area contributed by atoms with Crippen molar-refractivity contribution in [2.45, 2.75) is 79.1 Å². The fraction of sp³-hybridized carbons (Fsp3) is 0.500. The van der Waals surface area contributed by atoms with Crippen molar-refractivity contribution in [3.63, 3.8) is 0 Å². The lowest BCUT2D eigenvalue weighted by atomic mass is 9.69. The van der Waals surface area contributed by atoms with Crippen molar-refractivity contribution in [1.82, 2.24) is 45.9 Å². The number of carbonyl (C=O) groups is 2. The molecular formula is C56H77ClN12O6. The van der Waals surface area contributed by atoms with Crippen molar-refractivity contribution in [3.05, 3.63) is 89.2 Å². The van der Waals surface area contributed by atoms with Gasteiger partial charge in [-0.3, -0.25) is 9.59 Å². The van der Waals surface area contributed by atoms with Gasteiger partial charge in [-0.1, -0.05) is 51.0 Å². The van der Waals surface area contributed by atoms with Crippen LogP contribution in [-0.2, 0) is 18.9 Å². The van der Waals surface area contributed by atoms with E-state index in [1.807, 2.05) is 50.2 Å². The lowest BCUT2D eigenvalue weighted by molar-refractivity contribution is 0.0177. The molecule has 6 aromatic rings. The van der Waals surface area contributed by atoms with E-state index in [2.05, 4.69) is 54.6 Å². The Kier molecular flexibility index (Phi) is 22.7. The number of ether oxygens (including phenoxy) is 4.